The average Bonchev–Trinajstić information content (AvgIpc) is 2.18. The van der Waals surface area contributed by atoms with Gasteiger partial charge in [0.15, 0.2) is 0 Å². The maximum atomic E-state index is 10.9. The molecule has 0 aromatic carbocycles. The number of carbonyl (C=O) groups is 2. The van der Waals surface area contributed by atoms with Crippen LogP contribution in [0.5, 0.6) is 0 Å². The zero-order valence-corrected chi connectivity index (χ0v) is 6.41. The molecule has 1 amide bonds. The van der Waals surface area contributed by atoms with E-state index in [1.807, 2.05) is 0 Å². The molecule has 4 heteroatoms. The van der Waals surface area contributed by atoms with Crippen LogP contribution < -0.4 is 0 Å². The van der Waals surface area contributed by atoms with Crippen molar-refractivity contribution in [2.75, 3.05) is 7.05 Å². The van der Waals surface area contributed by atoms with E-state index in [-0.39, 0.29) is 18.4 Å². The molecule has 1 rings (SSSR count). The zero-order chi connectivity index (χ0) is 8.43. The third-order valence-corrected chi connectivity index (χ3v) is 2.04. The first-order valence-electron chi connectivity index (χ1n) is 3.58. The van der Waals surface area contributed by atoms with Crippen molar-refractivity contribution in [2.24, 2.45) is 0 Å². The molecule has 1 aliphatic heterocycles. The van der Waals surface area contributed by atoms with Crippen molar-refractivity contribution in [2.45, 2.75) is 25.3 Å². The molecule has 62 valence electrons. The number of rotatable bonds is 2. The van der Waals surface area contributed by atoms with Gasteiger partial charge in [0.2, 0.25) is 5.91 Å². The van der Waals surface area contributed by atoms with E-state index < -0.39 is 5.97 Å². The van der Waals surface area contributed by atoms with E-state index in [1.54, 1.807) is 7.05 Å². The summed E-state index contributed by atoms with van der Waals surface area (Å²) in [6.45, 7) is 0. The summed E-state index contributed by atoms with van der Waals surface area (Å²) >= 11 is 0. The van der Waals surface area contributed by atoms with E-state index >= 15 is 0 Å². The third kappa shape index (κ3) is 1.69. The van der Waals surface area contributed by atoms with Gasteiger partial charge in [-0.1, -0.05) is 0 Å². The second-order valence-electron chi connectivity index (χ2n) is 2.80. The van der Waals surface area contributed by atoms with Gasteiger partial charge >= 0.3 is 5.97 Å². The number of nitrogens with zero attached hydrogens (tertiary/aromatic N) is 1. The van der Waals surface area contributed by atoms with E-state index in [1.165, 1.54) is 4.90 Å². The van der Waals surface area contributed by atoms with Crippen LogP contribution in [-0.4, -0.2) is 35.0 Å². The van der Waals surface area contributed by atoms with E-state index in [4.69, 9.17) is 5.11 Å². The molecule has 0 spiro atoms. The first-order chi connectivity index (χ1) is 5.11. The van der Waals surface area contributed by atoms with Gasteiger partial charge in [-0.15, -0.1) is 0 Å². The minimum Gasteiger partial charge on any atom is -0.481 e. The molecule has 0 aromatic heterocycles. The lowest BCUT2D eigenvalue weighted by molar-refractivity contribution is -0.138. The second-order valence-corrected chi connectivity index (χ2v) is 2.80. The van der Waals surface area contributed by atoms with Crippen LogP contribution in [0.25, 0.3) is 0 Å². The number of amides is 1. The summed E-state index contributed by atoms with van der Waals surface area (Å²) in [6, 6.07) is -0.0833. The SMILES string of the molecule is CN1C(=O)CC[C@@H]1CC(=O)O. The Kier molecular flexibility index (Phi) is 2.12. The largest absolute Gasteiger partial charge is 0.481 e. The van der Waals surface area contributed by atoms with Crippen LogP contribution in [0.3, 0.4) is 0 Å². The van der Waals surface area contributed by atoms with E-state index in [9.17, 15) is 9.59 Å². The van der Waals surface area contributed by atoms with Crippen LogP contribution >= 0.6 is 0 Å². The van der Waals surface area contributed by atoms with Gasteiger partial charge in [-0.3, -0.25) is 9.59 Å². The maximum absolute atomic E-state index is 10.9. The summed E-state index contributed by atoms with van der Waals surface area (Å²) in [6.07, 6.45) is 1.25. The van der Waals surface area contributed by atoms with Crippen LogP contribution in [0.15, 0.2) is 0 Å². The van der Waals surface area contributed by atoms with Gasteiger partial charge in [0, 0.05) is 19.5 Å². The molecular formula is C7H11NO3. The number of aliphatic carboxylic acids is 1. The van der Waals surface area contributed by atoms with Gasteiger partial charge in [-0.2, -0.15) is 0 Å². The molecule has 0 radical (unpaired) electrons. The van der Waals surface area contributed by atoms with E-state index in [2.05, 4.69) is 0 Å². The summed E-state index contributed by atoms with van der Waals surface area (Å²) in [7, 11) is 1.66. The normalized spacial score (nSPS) is 24.3. The first kappa shape index (κ1) is 8.04. The lowest BCUT2D eigenvalue weighted by Crippen LogP contribution is -2.30. The molecule has 4 nitrogen and oxygen atoms in total. The molecule has 1 atom stereocenters. The number of likely N-dealkylation sites (tertiary alicyclic amines) is 1. The molecule has 1 saturated heterocycles. The van der Waals surface area contributed by atoms with Gasteiger partial charge in [0.05, 0.1) is 6.42 Å². The predicted octanol–water partition coefficient (Wildman–Crippen LogP) is 0.0819. The molecule has 11 heavy (non-hydrogen) atoms. The van der Waals surface area contributed by atoms with Crippen LogP contribution in [-0.2, 0) is 9.59 Å². The smallest absolute Gasteiger partial charge is 0.305 e. The van der Waals surface area contributed by atoms with Crippen molar-refractivity contribution in [1.82, 2.24) is 4.90 Å². The topological polar surface area (TPSA) is 57.6 Å². The highest BCUT2D eigenvalue weighted by molar-refractivity contribution is 5.79. The number of hydrogen-bond donors (Lipinski definition) is 1. The Hall–Kier alpha value is -1.06. The summed E-state index contributed by atoms with van der Waals surface area (Å²) < 4.78 is 0. The van der Waals surface area contributed by atoms with Crippen molar-refractivity contribution >= 4 is 11.9 Å². The van der Waals surface area contributed by atoms with Gasteiger partial charge in [-0.05, 0) is 6.42 Å². The van der Waals surface area contributed by atoms with Gasteiger partial charge < -0.3 is 10.0 Å². The van der Waals surface area contributed by atoms with Gasteiger partial charge in [0.25, 0.3) is 0 Å². The van der Waals surface area contributed by atoms with Crippen LogP contribution in [0.2, 0.25) is 0 Å². The minimum absolute atomic E-state index is 0.0521. The molecule has 1 aliphatic rings. The highest BCUT2D eigenvalue weighted by Crippen LogP contribution is 2.18. The molecule has 1 fully saturated rings. The lowest BCUT2D eigenvalue weighted by atomic mass is 10.1. The van der Waals surface area contributed by atoms with Crippen molar-refractivity contribution in [3.63, 3.8) is 0 Å². The Morgan fingerprint density at radius 1 is 1.82 bits per heavy atom. The summed E-state index contributed by atoms with van der Waals surface area (Å²) in [4.78, 5) is 22.7. The fourth-order valence-corrected chi connectivity index (χ4v) is 1.30. The lowest BCUT2D eigenvalue weighted by Gasteiger charge is -2.17. The monoisotopic (exact) mass is 157 g/mol. The molecule has 1 heterocycles. The fraction of sp³-hybridized carbons (Fsp3) is 0.714. The number of carboxylic acid groups (broad SMARTS) is 1. The van der Waals surface area contributed by atoms with Crippen molar-refractivity contribution < 1.29 is 14.7 Å². The summed E-state index contributed by atoms with van der Waals surface area (Å²) in [5.41, 5.74) is 0. The van der Waals surface area contributed by atoms with Crippen molar-refractivity contribution in [3.05, 3.63) is 0 Å². The number of hydrogen-bond acceptors (Lipinski definition) is 2. The standard InChI is InChI=1S/C7H11NO3/c1-8-5(4-7(10)11)2-3-6(8)9/h5H,2-4H2,1H3,(H,10,11)/t5-/m1/s1. The van der Waals surface area contributed by atoms with Crippen LogP contribution in [0.1, 0.15) is 19.3 Å². The molecule has 0 unspecified atom stereocenters. The average molecular weight is 157 g/mol. The Labute approximate surface area is 64.8 Å². The fourth-order valence-electron chi connectivity index (χ4n) is 1.30. The van der Waals surface area contributed by atoms with Crippen LogP contribution in [0, 0.1) is 0 Å². The Bertz CT molecular complexity index is 190. The number of carboxylic acids is 1. The minimum atomic E-state index is -0.837. The van der Waals surface area contributed by atoms with E-state index in [0.29, 0.717) is 12.8 Å². The van der Waals surface area contributed by atoms with Crippen molar-refractivity contribution in [1.29, 1.82) is 0 Å². The van der Waals surface area contributed by atoms with Crippen molar-refractivity contribution in [3.8, 4) is 0 Å². The highest BCUT2D eigenvalue weighted by Gasteiger charge is 2.28. The molecule has 0 saturated carbocycles. The third-order valence-electron chi connectivity index (χ3n) is 2.04. The predicted molar refractivity (Wildman–Crippen MR) is 38.0 cm³/mol. The van der Waals surface area contributed by atoms with Gasteiger partial charge in [0.1, 0.15) is 0 Å². The molecule has 0 aromatic rings. The summed E-state index contributed by atoms with van der Waals surface area (Å²) in [5.74, 6) is -0.784. The Morgan fingerprint density at radius 3 is 2.82 bits per heavy atom. The quantitative estimate of drug-likeness (QED) is 0.617. The summed E-state index contributed by atoms with van der Waals surface area (Å²) in [5, 5.41) is 8.44. The van der Waals surface area contributed by atoms with Crippen LogP contribution in [0.4, 0.5) is 0 Å². The first-order valence-corrected chi connectivity index (χ1v) is 3.58. The molecular weight excluding hydrogens is 146 g/mol. The molecule has 0 bridgehead atoms. The number of carbonyl (C=O) groups excluding carboxylic acids is 1. The Morgan fingerprint density at radius 2 is 2.45 bits per heavy atom. The Balaban J connectivity index is 2.48. The molecule has 0 aliphatic carbocycles. The van der Waals surface area contributed by atoms with Gasteiger partial charge in [-0.25, -0.2) is 0 Å². The zero-order valence-electron chi connectivity index (χ0n) is 6.41. The maximum Gasteiger partial charge on any atom is 0.305 e. The van der Waals surface area contributed by atoms with E-state index in [0.717, 1.165) is 0 Å². The second kappa shape index (κ2) is 2.90. The molecule has 1 N–H and O–H groups in total. The highest BCUT2D eigenvalue weighted by atomic mass is 16.4.